The number of rotatable bonds is 5. The first-order chi connectivity index (χ1) is 10.2. The number of carbonyl (C=O) groups is 1. The largest absolute Gasteiger partial charge is 0.507 e. The molecular formula is C16H16N2O3. The minimum atomic E-state index is -0.672. The van der Waals surface area contributed by atoms with E-state index in [4.69, 9.17) is 4.74 Å². The van der Waals surface area contributed by atoms with Gasteiger partial charge in [-0.05, 0) is 31.2 Å². The molecule has 2 rings (SSSR count). The van der Waals surface area contributed by atoms with E-state index in [9.17, 15) is 9.90 Å². The van der Waals surface area contributed by atoms with Gasteiger partial charge in [0.15, 0.2) is 6.10 Å². The van der Waals surface area contributed by atoms with Crippen LogP contribution in [0.3, 0.4) is 0 Å². The number of hydrazone groups is 1. The first kappa shape index (κ1) is 14.6. The van der Waals surface area contributed by atoms with Crippen molar-refractivity contribution in [3.8, 4) is 11.5 Å². The lowest BCUT2D eigenvalue weighted by Crippen LogP contribution is -2.33. The van der Waals surface area contributed by atoms with Crippen molar-refractivity contribution in [3.05, 3.63) is 60.2 Å². The SMILES string of the molecule is CC(Oc1ccccc1)C(=O)NN=Cc1ccccc1O. The third-order valence-electron chi connectivity index (χ3n) is 2.74. The van der Waals surface area contributed by atoms with E-state index in [2.05, 4.69) is 10.5 Å². The van der Waals surface area contributed by atoms with E-state index >= 15 is 0 Å². The summed E-state index contributed by atoms with van der Waals surface area (Å²) in [6, 6.07) is 15.8. The fourth-order valence-electron chi connectivity index (χ4n) is 1.61. The summed E-state index contributed by atoms with van der Waals surface area (Å²) in [7, 11) is 0. The van der Waals surface area contributed by atoms with Crippen LogP contribution < -0.4 is 10.2 Å². The molecule has 0 aliphatic rings. The molecule has 0 bridgehead atoms. The van der Waals surface area contributed by atoms with Crippen LogP contribution in [0.25, 0.3) is 0 Å². The number of amides is 1. The van der Waals surface area contributed by atoms with Crippen molar-refractivity contribution < 1.29 is 14.6 Å². The topological polar surface area (TPSA) is 70.9 Å². The number of aromatic hydroxyl groups is 1. The third kappa shape index (κ3) is 4.35. The number of benzene rings is 2. The van der Waals surface area contributed by atoms with Gasteiger partial charge in [-0.3, -0.25) is 4.79 Å². The minimum absolute atomic E-state index is 0.101. The zero-order valence-electron chi connectivity index (χ0n) is 11.6. The molecule has 2 aromatic rings. The van der Waals surface area contributed by atoms with Crippen molar-refractivity contribution in [1.29, 1.82) is 0 Å². The number of phenolic OH excluding ortho intramolecular Hbond substituents is 1. The summed E-state index contributed by atoms with van der Waals surface area (Å²) in [6.45, 7) is 1.64. The predicted octanol–water partition coefficient (Wildman–Crippen LogP) is 2.31. The Morgan fingerprint density at radius 1 is 1.19 bits per heavy atom. The lowest BCUT2D eigenvalue weighted by molar-refractivity contribution is -0.127. The molecule has 0 saturated carbocycles. The first-order valence-electron chi connectivity index (χ1n) is 6.49. The number of hydrogen-bond donors (Lipinski definition) is 2. The minimum Gasteiger partial charge on any atom is -0.507 e. The van der Waals surface area contributed by atoms with Crippen molar-refractivity contribution >= 4 is 12.1 Å². The maximum Gasteiger partial charge on any atom is 0.280 e. The molecule has 1 unspecified atom stereocenters. The van der Waals surface area contributed by atoms with Gasteiger partial charge in [-0.25, -0.2) is 5.43 Å². The van der Waals surface area contributed by atoms with Crippen LogP contribution in [-0.4, -0.2) is 23.3 Å². The fraction of sp³-hybridized carbons (Fsp3) is 0.125. The van der Waals surface area contributed by atoms with Crippen LogP contribution in [0.15, 0.2) is 59.7 Å². The summed E-state index contributed by atoms with van der Waals surface area (Å²) < 4.78 is 5.47. The first-order valence-corrected chi connectivity index (χ1v) is 6.49. The number of nitrogens with one attached hydrogen (secondary N) is 1. The summed E-state index contributed by atoms with van der Waals surface area (Å²) in [5.41, 5.74) is 2.90. The van der Waals surface area contributed by atoms with Crippen molar-refractivity contribution in [1.82, 2.24) is 5.43 Å². The van der Waals surface area contributed by atoms with Crippen LogP contribution in [0.5, 0.6) is 11.5 Å². The normalized spacial score (nSPS) is 12.0. The van der Waals surface area contributed by atoms with Crippen LogP contribution in [-0.2, 0) is 4.79 Å². The quantitative estimate of drug-likeness (QED) is 0.654. The lowest BCUT2D eigenvalue weighted by Gasteiger charge is -2.12. The molecule has 5 heteroatoms. The van der Waals surface area contributed by atoms with Gasteiger partial charge in [0.25, 0.3) is 5.91 Å². The fourth-order valence-corrected chi connectivity index (χ4v) is 1.61. The smallest absolute Gasteiger partial charge is 0.280 e. The Kier molecular flexibility index (Phi) is 4.93. The molecule has 0 aliphatic heterocycles. The summed E-state index contributed by atoms with van der Waals surface area (Å²) in [5, 5.41) is 13.4. The van der Waals surface area contributed by atoms with Crippen LogP contribution >= 0.6 is 0 Å². The molecule has 0 aromatic heterocycles. The average molecular weight is 284 g/mol. The Bertz CT molecular complexity index is 626. The number of nitrogens with zero attached hydrogens (tertiary/aromatic N) is 1. The van der Waals surface area contributed by atoms with Crippen LogP contribution in [0.1, 0.15) is 12.5 Å². The Morgan fingerprint density at radius 2 is 1.86 bits per heavy atom. The summed E-state index contributed by atoms with van der Waals surface area (Å²) in [4.78, 5) is 11.8. The number of phenols is 1. The summed E-state index contributed by atoms with van der Waals surface area (Å²) in [6.07, 6.45) is 0.705. The molecule has 0 saturated heterocycles. The Morgan fingerprint density at radius 3 is 2.57 bits per heavy atom. The maximum absolute atomic E-state index is 11.8. The van der Waals surface area contributed by atoms with E-state index in [0.717, 1.165) is 0 Å². The highest BCUT2D eigenvalue weighted by Gasteiger charge is 2.13. The van der Waals surface area contributed by atoms with Crippen molar-refractivity contribution in [3.63, 3.8) is 0 Å². The lowest BCUT2D eigenvalue weighted by atomic mass is 10.2. The van der Waals surface area contributed by atoms with E-state index in [0.29, 0.717) is 11.3 Å². The van der Waals surface area contributed by atoms with E-state index in [1.54, 1.807) is 43.3 Å². The van der Waals surface area contributed by atoms with Crippen LogP contribution in [0.2, 0.25) is 0 Å². The molecule has 2 aromatic carbocycles. The van der Waals surface area contributed by atoms with Crippen molar-refractivity contribution in [2.24, 2.45) is 5.10 Å². The molecule has 108 valence electrons. The second-order valence-electron chi connectivity index (χ2n) is 4.37. The van der Waals surface area contributed by atoms with Crippen LogP contribution in [0, 0.1) is 0 Å². The third-order valence-corrected chi connectivity index (χ3v) is 2.74. The molecule has 0 radical (unpaired) electrons. The summed E-state index contributed by atoms with van der Waals surface area (Å²) in [5.74, 6) is 0.347. The molecule has 0 aliphatic carbocycles. The van der Waals surface area contributed by atoms with E-state index < -0.39 is 6.10 Å². The highest BCUT2D eigenvalue weighted by Crippen LogP contribution is 2.13. The van der Waals surface area contributed by atoms with Gasteiger partial charge in [0.2, 0.25) is 0 Å². The Labute approximate surface area is 122 Å². The molecule has 0 fully saturated rings. The zero-order valence-corrected chi connectivity index (χ0v) is 11.6. The van der Waals surface area contributed by atoms with E-state index in [1.807, 2.05) is 18.2 Å². The highest BCUT2D eigenvalue weighted by atomic mass is 16.5. The monoisotopic (exact) mass is 284 g/mol. The molecule has 1 atom stereocenters. The standard InChI is InChI=1S/C16H16N2O3/c1-12(21-14-8-3-2-4-9-14)16(20)18-17-11-13-7-5-6-10-15(13)19/h2-12,19H,1H3,(H,18,20). The van der Waals surface area contributed by atoms with Gasteiger partial charge in [-0.15, -0.1) is 0 Å². The molecule has 2 N–H and O–H groups in total. The van der Waals surface area contributed by atoms with Gasteiger partial charge in [0.1, 0.15) is 11.5 Å². The molecule has 0 spiro atoms. The van der Waals surface area contributed by atoms with Crippen molar-refractivity contribution in [2.75, 3.05) is 0 Å². The molecular weight excluding hydrogens is 268 g/mol. The number of ether oxygens (including phenoxy) is 1. The number of para-hydroxylation sites is 2. The molecule has 0 heterocycles. The molecule has 5 nitrogen and oxygen atoms in total. The highest BCUT2D eigenvalue weighted by molar-refractivity contribution is 5.86. The maximum atomic E-state index is 11.8. The predicted molar refractivity (Wildman–Crippen MR) is 80.4 cm³/mol. The van der Waals surface area contributed by atoms with Gasteiger partial charge in [0, 0.05) is 5.56 Å². The van der Waals surface area contributed by atoms with Crippen LogP contribution in [0.4, 0.5) is 0 Å². The second-order valence-corrected chi connectivity index (χ2v) is 4.37. The van der Waals surface area contributed by atoms with Gasteiger partial charge >= 0.3 is 0 Å². The van der Waals surface area contributed by atoms with E-state index in [-0.39, 0.29) is 11.7 Å². The second kappa shape index (κ2) is 7.09. The van der Waals surface area contributed by atoms with Gasteiger partial charge in [-0.1, -0.05) is 30.3 Å². The Hall–Kier alpha value is -2.82. The average Bonchev–Trinajstić information content (AvgIpc) is 2.50. The van der Waals surface area contributed by atoms with Gasteiger partial charge in [0.05, 0.1) is 6.21 Å². The molecule has 1 amide bonds. The summed E-state index contributed by atoms with van der Waals surface area (Å²) >= 11 is 0. The van der Waals surface area contributed by atoms with E-state index in [1.165, 1.54) is 6.21 Å². The van der Waals surface area contributed by atoms with Gasteiger partial charge < -0.3 is 9.84 Å². The van der Waals surface area contributed by atoms with Gasteiger partial charge in [-0.2, -0.15) is 5.10 Å². The number of hydrogen-bond acceptors (Lipinski definition) is 4. The zero-order chi connectivity index (χ0) is 15.1. The molecule has 21 heavy (non-hydrogen) atoms. The Balaban J connectivity index is 1.88. The number of carbonyl (C=O) groups excluding carboxylic acids is 1. The van der Waals surface area contributed by atoms with Crippen molar-refractivity contribution in [2.45, 2.75) is 13.0 Å².